The van der Waals surface area contributed by atoms with Crippen LogP contribution in [0.4, 0.5) is 5.69 Å². The first-order valence-electron chi connectivity index (χ1n) is 3.45. The van der Waals surface area contributed by atoms with Gasteiger partial charge < -0.3 is 4.74 Å². The molecule has 0 atom stereocenters. The van der Waals surface area contributed by atoms with Gasteiger partial charge in [0.2, 0.25) is 0 Å². The number of carbonyl (C=O) groups is 1. The van der Waals surface area contributed by atoms with Crippen molar-refractivity contribution in [3.05, 3.63) is 27.9 Å². The van der Waals surface area contributed by atoms with E-state index in [9.17, 15) is 14.9 Å². The number of nitrogens with zero attached hydrogens (tertiary/aromatic N) is 2. The standard InChI is InChI=1S/C7H5ClN2O4/c1-14-7-5(10(12)13)3-2-4(9-7)6(8)11/h2-3H,1H3. The first-order chi connectivity index (χ1) is 6.56. The summed E-state index contributed by atoms with van der Waals surface area (Å²) < 4.78 is 4.63. The molecule has 1 heterocycles. The van der Waals surface area contributed by atoms with Crippen LogP contribution in [-0.2, 0) is 0 Å². The van der Waals surface area contributed by atoms with Crippen LogP contribution in [0.15, 0.2) is 12.1 Å². The van der Waals surface area contributed by atoms with Crippen LogP contribution in [0.3, 0.4) is 0 Å². The molecule has 6 nitrogen and oxygen atoms in total. The SMILES string of the molecule is COc1nc(C(=O)Cl)ccc1[N+](=O)[O-]. The molecular formula is C7H5ClN2O4. The van der Waals surface area contributed by atoms with Crippen molar-refractivity contribution in [1.82, 2.24) is 4.98 Å². The summed E-state index contributed by atoms with van der Waals surface area (Å²) in [5.74, 6) is -0.235. The fourth-order valence-corrected chi connectivity index (χ4v) is 0.937. The lowest BCUT2D eigenvalue weighted by Crippen LogP contribution is -2.00. The van der Waals surface area contributed by atoms with Crippen molar-refractivity contribution in [2.45, 2.75) is 0 Å². The second-order valence-electron chi connectivity index (χ2n) is 2.26. The van der Waals surface area contributed by atoms with E-state index in [1.54, 1.807) is 0 Å². The Morgan fingerprint density at radius 3 is 2.71 bits per heavy atom. The third-order valence-electron chi connectivity index (χ3n) is 1.43. The number of hydrogen-bond acceptors (Lipinski definition) is 5. The van der Waals surface area contributed by atoms with Crippen molar-refractivity contribution in [1.29, 1.82) is 0 Å². The summed E-state index contributed by atoms with van der Waals surface area (Å²) in [6.07, 6.45) is 0. The van der Waals surface area contributed by atoms with Crippen LogP contribution in [0.25, 0.3) is 0 Å². The zero-order valence-corrected chi connectivity index (χ0v) is 7.82. The Morgan fingerprint density at radius 1 is 1.64 bits per heavy atom. The van der Waals surface area contributed by atoms with Gasteiger partial charge in [0.1, 0.15) is 5.69 Å². The molecule has 0 aliphatic heterocycles. The van der Waals surface area contributed by atoms with E-state index in [1.807, 2.05) is 0 Å². The predicted molar refractivity (Wildman–Crippen MR) is 47.6 cm³/mol. The first-order valence-corrected chi connectivity index (χ1v) is 3.83. The molecule has 74 valence electrons. The number of carbonyl (C=O) groups excluding carboxylic acids is 1. The van der Waals surface area contributed by atoms with Gasteiger partial charge in [0.25, 0.3) is 11.1 Å². The van der Waals surface area contributed by atoms with Crippen molar-refractivity contribution < 1.29 is 14.5 Å². The maximum atomic E-state index is 10.7. The van der Waals surface area contributed by atoms with Crippen LogP contribution in [0.2, 0.25) is 0 Å². The van der Waals surface area contributed by atoms with Gasteiger partial charge in [-0.1, -0.05) is 0 Å². The van der Waals surface area contributed by atoms with E-state index in [0.29, 0.717) is 0 Å². The summed E-state index contributed by atoms with van der Waals surface area (Å²) in [6, 6.07) is 2.28. The highest BCUT2D eigenvalue weighted by Gasteiger charge is 2.18. The second kappa shape index (κ2) is 4.01. The summed E-state index contributed by atoms with van der Waals surface area (Å²) in [5, 5.41) is 9.64. The van der Waals surface area contributed by atoms with Crippen molar-refractivity contribution in [2.75, 3.05) is 7.11 Å². The normalized spacial score (nSPS) is 9.57. The maximum absolute atomic E-state index is 10.7. The number of rotatable bonds is 3. The van der Waals surface area contributed by atoms with Crippen LogP contribution in [0.5, 0.6) is 5.88 Å². The van der Waals surface area contributed by atoms with Gasteiger partial charge in [-0.2, -0.15) is 0 Å². The van der Waals surface area contributed by atoms with Crippen molar-refractivity contribution in [2.24, 2.45) is 0 Å². The molecule has 0 aliphatic carbocycles. The Morgan fingerprint density at radius 2 is 2.29 bits per heavy atom. The highest BCUT2D eigenvalue weighted by atomic mass is 35.5. The Kier molecular flexibility index (Phi) is 2.98. The third-order valence-corrected chi connectivity index (χ3v) is 1.63. The van der Waals surface area contributed by atoms with Crippen molar-refractivity contribution in [3.63, 3.8) is 0 Å². The zero-order chi connectivity index (χ0) is 10.7. The van der Waals surface area contributed by atoms with E-state index in [2.05, 4.69) is 9.72 Å². The summed E-state index contributed by atoms with van der Waals surface area (Å²) in [7, 11) is 1.22. The minimum absolute atomic E-state index is 0.0888. The molecule has 0 aromatic carbocycles. The highest BCUT2D eigenvalue weighted by Crippen LogP contribution is 2.24. The lowest BCUT2D eigenvalue weighted by molar-refractivity contribution is -0.386. The summed E-state index contributed by atoms with van der Waals surface area (Å²) in [6.45, 7) is 0. The molecule has 0 spiro atoms. The number of halogens is 1. The fourth-order valence-electron chi connectivity index (χ4n) is 0.832. The number of hydrogen-bond donors (Lipinski definition) is 0. The average Bonchev–Trinajstić information content (AvgIpc) is 2.16. The van der Waals surface area contributed by atoms with E-state index in [0.717, 1.165) is 12.1 Å². The number of nitro groups is 1. The molecule has 1 aromatic rings. The van der Waals surface area contributed by atoms with Crippen LogP contribution >= 0.6 is 11.6 Å². The molecule has 0 saturated carbocycles. The topological polar surface area (TPSA) is 82.3 Å². The highest BCUT2D eigenvalue weighted by molar-refractivity contribution is 6.67. The number of aromatic nitrogens is 1. The molecule has 1 aromatic heterocycles. The molecular weight excluding hydrogens is 212 g/mol. The molecule has 0 bridgehead atoms. The quantitative estimate of drug-likeness (QED) is 0.433. The Bertz CT molecular complexity index is 393. The number of pyridine rings is 1. The van der Waals surface area contributed by atoms with E-state index >= 15 is 0 Å². The Hall–Kier alpha value is -1.69. The van der Waals surface area contributed by atoms with Gasteiger partial charge in [0.15, 0.2) is 0 Å². The van der Waals surface area contributed by atoms with Crippen LogP contribution in [0, 0.1) is 10.1 Å². The van der Waals surface area contributed by atoms with Gasteiger partial charge >= 0.3 is 5.69 Å². The first kappa shape index (κ1) is 10.4. The maximum Gasteiger partial charge on any atom is 0.330 e. The molecule has 0 fully saturated rings. The van der Waals surface area contributed by atoms with E-state index in [1.165, 1.54) is 7.11 Å². The van der Waals surface area contributed by atoms with Crippen molar-refractivity contribution >= 4 is 22.5 Å². The predicted octanol–water partition coefficient (Wildman–Crippen LogP) is 1.38. The third kappa shape index (κ3) is 1.97. The summed E-state index contributed by atoms with van der Waals surface area (Å²) in [4.78, 5) is 24.0. The number of ether oxygens (including phenoxy) is 1. The van der Waals surface area contributed by atoms with Gasteiger partial charge in [-0.3, -0.25) is 14.9 Å². The van der Waals surface area contributed by atoms with Gasteiger partial charge in [-0.15, -0.1) is 0 Å². The van der Waals surface area contributed by atoms with Gasteiger partial charge in [0.05, 0.1) is 12.0 Å². The molecule has 0 N–H and O–H groups in total. The van der Waals surface area contributed by atoms with Crippen LogP contribution in [0.1, 0.15) is 10.5 Å². The second-order valence-corrected chi connectivity index (χ2v) is 2.60. The summed E-state index contributed by atoms with van der Waals surface area (Å²) >= 11 is 5.14. The zero-order valence-electron chi connectivity index (χ0n) is 7.06. The molecule has 0 radical (unpaired) electrons. The van der Waals surface area contributed by atoms with Crippen LogP contribution in [-0.4, -0.2) is 22.3 Å². The van der Waals surface area contributed by atoms with Gasteiger partial charge in [0, 0.05) is 6.07 Å². The lowest BCUT2D eigenvalue weighted by Gasteiger charge is -2.00. The molecule has 0 aliphatic rings. The Labute approximate surface area is 83.6 Å². The van der Waals surface area contributed by atoms with E-state index < -0.39 is 10.2 Å². The molecule has 14 heavy (non-hydrogen) atoms. The monoisotopic (exact) mass is 216 g/mol. The molecule has 0 unspecified atom stereocenters. The fraction of sp³-hybridized carbons (Fsp3) is 0.143. The lowest BCUT2D eigenvalue weighted by atomic mass is 10.3. The Balaban J connectivity index is 3.25. The largest absolute Gasteiger partial charge is 0.476 e. The minimum atomic E-state index is -0.793. The average molecular weight is 217 g/mol. The molecule has 1 rings (SSSR count). The van der Waals surface area contributed by atoms with E-state index in [-0.39, 0.29) is 17.3 Å². The summed E-state index contributed by atoms with van der Waals surface area (Å²) in [5.41, 5.74) is -0.400. The molecule has 0 amide bonds. The van der Waals surface area contributed by atoms with Crippen molar-refractivity contribution in [3.8, 4) is 5.88 Å². The smallest absolute Gasteiger partial charge is 0.330 e. The van der Waals surface area contributed by atoms with Crippen LogP contribution < -0.4 is 4.74 Å². The molecule has 0 saturated heterocycles. The molecule has 7 heteroatoms. The minimum Gasteiger partial charge on any atom is -0.476 e. The van der Waals surface area contributed by atoms with Gasteiger partial charge in [-0.05, 0) is 17.7 Å². The van der Waals surface area contributed by atoms with Gasteiger partial charge in [-0.25, -0.2) is 4.98 Å². The number of methoxy groups -OCH3 is 1. The van der Waals surface area contributed by atoms with E-state index in [4.69, 9.17) is 11.6 Å².